The van der Waals surface area contributed by atoms with Crippen LogP contribution in [0.25, 0.3) is 0 Å². The maximum Gasteiger partial charge on any atom is 0.337 e. The van der Waals surface area contributed by atoms with Gasteiger partial charge in [0.2, 0.25) is 0 Å². The number of anilines is 1. The summed E-state index contributed by atoms with van der Waals surface area (Å²) in [5, 5.41) is 9.16. The van der Waals surface area contributed by atoms with E-state index in [1.807, 2.05) is 42.3 Å². The number of likely N-dealkylation sites (N-methyl/N-ethyl adjacent to an activating group) is 1. The minimum absolute atomic E-state index is 0.325. The minimum Gasteiger partial charge on any atom is -0.478 e. The number of para-hydroxylation sites is 1. The number of aromatic carboxylic acids is 1. The maximum atomic E-state index is 11.2. The number of carboxylic acids is 1. The molecule has 2 aromatic rings. The Morgan fingerprint density at radius 3 is 2.63 bits per heavy atom. The number of carboxylic acid groups (broad SMARTS) is 1. The fourth-order valence-corrected chi connectivity index (χ4v) is 1.94. The highest BCUT2D eigenvalue weighted by molar-refractivity contribution is 5.94. The smallest absolute Gasteiger partial charge is 0.337 e. The zero-order valence-electron chi connectivity index (χ0n) is 10.8. The van der Waals surface area contributed by atoms with E-state index in [4.69, 9.17) is 5.11 Å². The Kier molecular flexibility index (Phi) is 4.13. The van der Waals surface area contributed by atoms with Crippen molar-refractivity contribution in [3.63, 3.8) is 0 Å². The molecule has 2 rings (SSSR count). The lowest BCUT2D eigenvalue weighted by atomic mass is 10.1. The van der Waals surface area contributed by atoms with Gasteiger partial charge in [-0.2, -0.15) is 0 Å². The van der Waals surface area contributed by atoms with E-state index in [9.17, 15) is 4.79 Å². The molecular weight excluding hydrogens is 240 g/mol. The number of carbonyl (C=O) groups is 1. The number of hydrogen-bond acceptors (Lipinski definition) is 3. The SMILES string of the molecule is CN(CCc1ccccn1)c1ccccc1C(=O)O. The van der Waals surface area contributed by atoms with Crippen LogP contribution < -0.4 is 4.90 Å². The van der Waals surface area contributed by atoms with Crippen molar-refractivity contribution in [3.8, 4) is 0 Å². The van der Waals surface area contributed by atoms with Crippen LogP contribution in [0.3, 0.4) is 0 Å². The molecule has 98 valence electrons. The highest BCUT2D eigenvalue weighted by atomic mass is 16.4. The zero-order valence-corrected chi connectivity index (χ0v) is 10.8. The zero-order chi connectivity index (χ0) is 13.7. The van der Waals surface area contributed by atoms with E-state index >= 15 is 0 Å². The lowest BCUT2D eigenvalue weighted by molar-refractivity contribution is 0.0697. The summed E-state index contributed by atoms with van der Waals surface area (Å²) in [6, 6.07) is 12.8. The third-order valence-electron chi connectivity index (χ3n) is 2.98. The molecule has 0 aliphatic heterocycles. The van der Waals surface area contributed by atoms with Gasteiger partial charge in [-0.05, 0) is 24.3 Å². The molecule has 0 aliphatic carbocycles. The molecule has 0 saturated carbocycles. The predicted octanol–water partition coefficient (Wildman–Crippen LogP) is 2.46. The molecule has 0 fully saturated rings. The lowest BCUT2D eigenvalue weighted by Crippen LogP contribution is -2.22. The first-order valence-corrected chi connectivity index (χ1v) is 6.12. The molecule has 1 N–H and O–H groups in total. The van der Waals surface area contributed by atoms with E-state index in [1.165, 1.54) is 0 Å². The Bertz CT molecular complexity index is 555. The third-order valence-corrected chi connectivity index (χ3v) is 2.98. The molecule has 0 unspecified atom stereocenters. The fraction of sp³-hybridized carbons (Fsp3) is 0.200. The normalized spacial score (nSPS) is 10.2. The van der Waals surface area contributed by atoms with Crippen LogP contribution in [0.1, 0.15) is 16.1 Å². The fourth-order valence-electron chi connectivity index (χ4n) is 1.94. The van der Waals surface area contributed by atoms with Crippen molar-refractivity contribution in [1.29, 1.82) is 0 Å². The van der Waals surface area contributed by atoms with Crippen molar-refractivity contribution in [1.82, 2.24) is 4.98 Å². The van der Waals surface area contributed by atoms with Crippen LogP contribution in [0.2, 0.25) is 0 Å². The first-order chi connectivity index (χ1) is 9.18. The summed E-state index contributed by atoms with van der Waals surface area (Å²) >= 11 is 0. The van der Waals surface area contributed by atoms with Gasteiger partial charge in [0.05, 0.1) is 11.3 Å². The molecule has 1 aromatic carbocycles. The van der Waals surface area contributed by atoms with Gasteiger partial charge in [-0.3, -0.25) is 4.98 Å². The van der Waals surface area contributed by atoms with Crippen molar-refractivity contribution in [2.75, 3.05) is 18.5 Å². The molecule has 0 radical (unpaired) electrons. The van der Waals surface area contributed by atoms with Gasteiger partial charge < -0.3 is 10.0 Å². The Hall–Kier alpha value is -2.36. The molecule has 19 heavy (non-hydrogen) atoms. The Balaban J connectivity index is 2.08. The number of hydrogen-bond donors (Lipinski definition) is 1. The summed E-state index contributed by atoms with van der Waals surface area (Å²) in [5.74, 6) is -0.903. The molecule has 0 bridgehead atoms. The van der Waals surface area contributed by atoms with Crippen LogP contribution in [0.5, 0.6) is 0 Å². The van der Waals surface area contributed by atoms with Gasteiger partial charge in [-0.25, -0.2) is 4.79 Å². The topological polar surface area (TPSA) is 53.4 Å². The summed E-state index contributed by atoms with van der Waals surface area (Å²) < 4.78 is 0. The molecule has 4 nitrogen and oxygen atoms in total. The number of aromatic nitrogens is 1. The van der Waals surface area contributed by atoms with Crippen molar-refractivity contribution in [2.24, 2.45) is 0 Å². The van der Waals surface area contributed by atoms with E-state index in [0.29, 0.717) is 5.56 Å². The van der Waals surface area contributed by atoms with Gasteiger partial charge in [0.15, 0.2) is 0 Å². The monoisotopic (exact) mass is 256 g/mol. The van der Waals surface area contributed by atoms with Gasteiger partial charge in [0, 0.05) is 31.9 Å². The van der Waals surface area contributed by atoms with Crippen LogP contribution in [-0.4, -0.2) is 29.7 Å². The first-order valence-electron chi connectivity index (χ1n) is 6.12. The molecule has 1 heterocycles. The second kappa shape index (κ2) is 6.00. The first kappa shape index (κ1) is 13.1. The summed E-state index contributed by atoms with van der Waals surface area (Å²) in [6.07, 6.45) is 2.55. The maximum absolute atomic E-state index is 11.2. The summed E-state index contributed by atoms with van der Waals surface area (Å²) in [6.45, 7) is 0.724. The average molecular weight is 256 g/mol. The van der Waals surface area contributed by atoms with E-state index in [2.05, 4.69) is 4.98 Å². The van der Waals surface area contributed by atoms with Crippen LogP contribution in [0.4, 0.5) is 5.69 Å². The van der Waals surface area contributed by atoms with Gasteiger partial charge in [0.25, 0.3) is 0 Å². The standard InChI is InChI=1S/C15H16N2O2/c1-17(11-9-12-6-4-5-10-16-12)14-8-3-2-7-13(14)15(18)19/h2-8,10H,9,11H2,1H3,(H,18,19). The second-order valence-electron chi connectivity index (χ2n) is 4.31. The van der Waals surface area contributed by atoms with Crippen molar-refractivity contribution in [3.05, 3.63) is 59.9 Å². The number of benzene rings is 1. The van der Waals surface area contributed by atoms with Crippen LogP contribution in [0.15, 0.2) is 48.7 Å². The van der Waals surface area contributed by atoms with Gasteiger partial charge >= 0.3 is 5.97 Å². The van der Waals surface area contributed by atoms with Crippen LogP contribution in [0, 0.1) is 0 Å². The molecule has 0 saturated heterocycles. The lowest BCUT2D eigenvalue weighted by Gasteiger charge is -2.20. The Labute approximate surface area is 112 Å². The largest absolute Gasteiger partial charge is 0.478 e. The second-order valence-corrected chi connectivity index (χ2v) is 4.31. The molecule has 0 spiro atoms. The molecule has 1 aromatic heterocycles. The highest BCUT2D eigenvalue weighted by Gasteiger charge is 2.12. The summed E-state index contributed by atoms with van der Waals surface area (Å²) in [7, 11) is 1.89. The quantitative estimate of drug-likeness (QED) is 0.892. The van der Waals surface area contributed by atoms with Crippen molar-refractivity contribution >= 4 is 11.7 Å². The van der Waals surface area contributed by atoms with Gasteiger partial charge in [-0.1, -0.05) is 18.2 Å². The van der Waals surface area contributed by atoms with Gasteiger partial charge in [-0.15, -0.1) is 0 Å². The number of rotatable bonds is 5. The molecule has 0 aliphatic rings. The molecule has 0 atom stereocenters. The van der Waals surface area contributed by atoms with Crippen LogP contribution in [-0.2, 0) is 6.42 Å². The predicted molar refractivity (Wildman–Crippen MR) is 74.6 cm³/mol. The van der Waals surface area contributed by atoms with E-state index in [1.54, 1.807) is 18.3 Å². The molecular formula is C15H16N2O2. The van der Waals surface area contributed by atoms with E-state index < -0.39 is 5.97 Å². The minimum atomic E-state index is -0.903. The molecule has 0 amide bonds. The Morgan fingerprint density at radius 1 is 1.21 bits per heavy atom. The van der Waals surface area contributed by atoms with Crippen molar-refractivity contribution in [2.45, 2.75) is 6.42 Å². The molecule has 4 heteroatoms. The Morgan fingerprint density at radius 2 is 1.95 bits per heavy atom. The summed E-state index contributed by atoms with van der Waals surface area (Å²) in [4.78, 5) is 17.4. The number of nitrogens with zero attached hydrogens (tertiary/aromatic N) is 2. The van der Waals surface area contributed by atoms with E-state index in [-0.39, 0.29) is 0 Å². The average Bonchev–Trinajstić information content (AvgIpc) is 2.46. The van der Waals surface area contributed by atoms with Gasteiger partial charge in [0.1, 0.15) is 0 Å². The summed E-state index contributed by atoms with van der Waals surface area (Å²) in [5.41, 5.74) is 2.05. The number of pyridine rings is 1. The van der Waals surface area contributed by atoms with Crippen molar-refractivity contribution < 1.29 is 9.90 Å². The van der Waals surface area contributed by atoms with E-state index in [0.717, 1.165) is 24.3 Å². The van der Waals surface area contributed by atoms with Crippen LogP contribution >= 0.6 is 0 Å². The third kappa shape index (κ3) is 3.31. The highest BCUT2D eigenvalue weighted by Crippen LogP contribution is 2.19.